The van der Waals surface area contributed by atoms with Gasteiger partial charge < -0.3 is 5.73 Å². The Kier molecular flexibility index (Phi) is 4.54. The summed E-state index contributed by atoms with van der Waals surface area (Å²) in [5.74, 6) is 0. The normalized spacial score (nSPS) is 16.5. The van der Waals surface area contributed by atoms with Gasteiger partial charge in [0.25, 0.3) is 0 Å². The first-order chi connectivity index (χ1) is 8.20. The molecule has 1 aromatic rings. The first kappa shape index (κ1) is 13.0. The second-order valence-corrected chi connectivity index (χ2v) is 6.21. The van der Waals surface area contributed by atoms with Crippen molar-refractivity contribution in [3.8, 4) is 0 Å². The summed E-state index contributed by atoms with van der Waals surface area (Å²) < 4.78 is 0. The molecule has 2 rings (SSSR count). The Hall–Kier alpha value is -0.450. The Labute approximate surface area is 108 Å². The largest absolute Gasteiger partial charge is 0.330 e. The van der Waals surface area contributed by atoms with Gasteiger partial charge in [-0.2, -0.15) is 0 Å². The van der Waals surface area contributed by atoms with Crippen molar-refractivity contribution < 1.29 is 0 Å². The third kappa shape index (κ3) is 3.27. The van der Waals surface area contributed by atoms with Gasteiger partial charge in [-0.25, -0.2) is 4.98 Å². The monoisotopic (exact) mass is 253 g/mol. The van der Waals surface area contributed by atoms with Crippen LogP contribution in [0.5, 0.6) is 0 Å². The van der Waals surface area contributed by atoms with Gasteiger partial charge in [-0.05, 0) is 39.7 Å². The summed E-state index contributed by atoms with van der Waals surface area (Å²) in [5, 5.41) is 1.31. The second kappa shape index (κ2) is 5.94. The van der Waals surface area contributed by atoms with E-state index in [4.69, 9.17) is 10.7 Å². The number of thiazole rings is 1. The van der Waals surface area contributed by atoms with E-state index in [9.17, 15) is 0 Å². The van der Waals surface area contributed by atoms with Crippen LogP contribution in [0.3, 0.4) is 0 Å². The molecule has 0 aromatic carbocycles. The highest BCUT2D eigenvalue weighted by molar-refractivity contribution is 7.11. The van der Waals surface area contributed by atoms with Crippen molar-refractivity contribution in [1.82, 2.24) is 9.88 Å². The molecule has 1 aliphatic heterocycles. The standard InChI is InChI=1S/C13H23N3S/c1-10(2)16-8-6-11-12(9-16)17-13(15-11)5-3-4-7-14/h10H,3-9,14H2,1-2H3. The summed E-state index contributed by atoms with van der Waals surface area (Å²) in [7, 11) is 0. The Morgan fingerprint density at radius 2 is 2.24 bits per heavy atom. The van der Waals surface area contributed by atoms with Crippen molar-refractivity contribution in [1.29, 1.82) is 0 Å². The van der Waals surface area contributed by atoms with E-state index in [-0.39, 0.29) is 0 Å². The average Bonchev–Trinajstić information content (AvgIpc) is 2.70. The van der Waals surface area contributed by atoms with E-state index in [0.717, 1.165) is 38.9 Å². The molecule has 0 amide bonds. The predicted octanol–water partition coefficient (Wildman–Crippen LogP) is 2.19. The molecule has 0 saturated carbocycles. The van der Waals surface area contributed by atoms with Crippen LogP contribution in [0.4, 0.5) is 0 Å². The lowest BCUT2D eigenvalue weighted by Crippen LogP contribution is -2.35. The summed E-state index contributed by atoms with van der Waals surface area (Å²) in [6, 6.07) is 0.644. The fourth-order valence-corrected chi connectivity index (χ4v) is 3.42. The summed E-state index contributed by atoms with van der Waals surface area (Å²) in [6.45, 7) is 7.60. The smallest absolute Gasteiger partial charge is 0.0931 e. The molecule has 2 heterocycles. The molecule has 17 heavy (non-hydrogen) atoms. The number of fused-ring (bicyclic) bond motifs is 1. The second-order valence-electron chi connectivity index (χ2n) is 5.04. The molecule has 0 bridgehead atoms. The molecule has 96 valence electrons. The molecule has 1 aromatic heterocycles. The van der Waals surface area contributed by atoms with Gasteiger partial charge in [-0.15, -0.1) is 11.3 Å². The third-order valence-electron chi connectivity index (χ3n) is 3.38. The number of aryl methyl sites for hydroxylation is 1. The number of nitrogens with two attached hydrogens (primary N) is 1. The van der Waals surface area contributed by atoms with Crippen LogP contribution in [-0.4, -0.2) is 29.0 Å². The highest BCUT2D eigenvalue weighted by Gasteiger charge is 2.21. The minimum Gasteiger partial charge on any atom is -0.330 e. The molecule has 0 spiro atoms. The Morgan fingerprint density at radius 3 is 2.94 bits per heavy atom. The van der Waals surface area contributed by atoms with E-state index in [1.807, 2.05) is 11.3 Å². The van der Waals surface area contributed by atoms with Gasteiger partial charge in [0.1, 0.15) is 0 Å². The van der Waals surface area contributed by atoms with Crippen LogP contribution in [0, 0.1) is 0 Å². The van der Waals surface area contributed by atoms with E-state index >= 15 is 0 Å². The molecule has 2 N–H and O–H groups in total. The molecule has 3 nitrogen and oxygen atoms in total. The number of rotatable bonds is 5. The topological polar surface area (TPSA) is 42.2 Å². The first-order valence-electron chi connectivity index (χ1n) is 6.62. The van der Waals surface area contributed by atoms with Gasteiger partial charge in [0, 0.05) is 30.4 Å². The molecule has 0 saturated heterocycles. The Balaban J connectivity index is 1.97. The predicted molar refractivity (Wildman–Crippen MR) is 73.4 cm³/mol. The molecule has 1 aliphatic rings. The fraction of sp³-hybridized carbons (Fsp3) is 0.769. The van der Waals surface area contributed by atoms with Crippen LogP contribution in [-0.2, 0) is 19.4 Å². The summed E-state index contributed by atoms with van der Waals surface area (Å²) in [4.78, 5) is 8.79. The van der Waals surface area contributed by atoms with Crippen molar-refractivity contribution in [3.63, 3.8) is 0 Å². The highest BCUT2D eigenvalue weighted by Crippen LogP contribution is 2.26. The Bertz CT molecular complexity index is 360. The molecule has 4 heteroatoms. The van der Waals surface area contributed by atoms with Crippen LogP contribution in [0.25, 0.3) is 0 Å². The van der Waals surface area contributed by atoms with E-state index in [1.165, 1.54) is 22.0 Å². The molecular weight excluding hydrogens is 230 g/mol. The van der Waals surface area contributed by atoms with Crippen LogP contribution < -0.4 is 5.73 Å². The van der Waals surface area contributed by atoms with Crippen molar-refractivity contribution in [2.75, 3.05) is 13.1 Å². The lowest BCUT2D eigenvalue weighted by Gasteiger charge is -2.29. The molecule has 0 aliphatic carbocycles. The molecular formula is C13H23N3S. The van der Waals surface area contributed by atoms with Crippen molar-refractivity contribution in [2.45, 2.75) is 52.1 Å². The fourth-order valence-electron chi connectivity index (χ4n) is 2.24. The quantitative estimate of drug-likeness (QED) is 0.818. The maximum Gasteiger partial charge on any atom is 0.0931 e. The van der Waals surface area contributed by atoms with Gasteiger partial charge in [-0.3, -0.25) is 4.90 Å². The van der Waals surface area contributed by atoms with Crippen molar-refractivity contribution in [3.05, 3.63) is 15.6 Å². The van der Waals surface area contributed by atoms with Crippen molar-refractivity contribution in [2.24, 2.45) is 5.73 Å². The highest BCUT2D eigenvalue weighted by atomic mass is 32.1. The van der Waals surface area contributed by atoms with E-state index in [2.05, 4.69) is 18.7 Å². The zero-order valence-electron chi connectivity index (χ0n) is 10.9. The van der Waals surface area contributed by atoms with Gasteiger partial charge in [0.2, 0.25) is 0 Å². The minimum atomic E-state index is 0.644. The number of hydrogen-bond donors (Lipinski definition) is 1. The van der Waals surface area contributed by atoms with E-state index in [0.29, 0.717) is 6.04 Å². The number of nitrogens with zero attached hydrogens (tertiary/aromatic N) is 2. The third-order valence-corrected chi connectivity index (χ3v) is 4.52. The molecule has 0 radical (unpaired) electrons. The van der Waals surface area contributed by atoms with Gasteiger partial charge >= 0.3 is 0 Å². The lowest BCUT2D eigenvalue weighted by molar-refractivity contribution is 0.205. The zero-order valence-corrected chi connectivity index (χ0v) is 11.7. The molecule has 0 atom stereocenters. The lowest BCUT2D eigenvalue weighted by atomic mass is 10.1. The van der Waals surface area contributed by atoms with Crippen LogP contribution in [0.1, 0.15) is 42.3 Å². The molecule has 0 fully saturated rings. The van der Waals surface area contributed by atoms with E-state index < -0.39 is 0 Å². The number of hydrogen-bond acceptors (Lipinski definition) is 4. The van der Waals surface area contributed by atoms with Gasteiger partial charge in [0.15, 0.2) is 0 Å². The van der Waals surface area contributed by atoms with Crippen molar-refractivity contribution >= 4 is 11.3 Å². The van der Waals surface area contributed by atoms with Gasteiger partial charge in [-0.1, -0.05) is 0 Å². The van der Waals surface area contributed by atoms with Gasteiger partial charge in [0.05, 0.1) is 10.7 Å². The van der Waals surface area contributed by atoms with E-state index in [1.54, 1.807) is 0 Å². The molecule has 0 unspecified atom stereocenters. The Morgan fingerprint density at radius 1 is 1.41 bits per heavy atom. The van der Waals surface area contributed by atoms with Crippen LogP contribution >= 0.6 is 11.3 Å². The maximum absolute atomic E-state index is 5.52. The summed E-state index contributed by atoms with van der Waals surface area (Å²) in [6.07, 6.45) is 4.52. The maximum atomic E-state index is 5.52. The average molecular weight is 253 g/mol. The number of unbranched alkanes of at least 4 members (excludes halogenated alkanes) is 1. The summed E-state index contributed by atoms with van der Waals surface area (Å²) >= 11 is 1.91. The minimum absolute atomic E-state index is 0.644. The number of aromatic nitrogens is 1. The van der Waals surface area contributed by atoms with Crippen LogP contribution in [0.2, 0.25) is 0 Å². The van der Waals surface area contributed by atoms with Crippen LogP contribution in [0.15, 0.2) is 0 Å². The first-order valence-corrected chi connectivity index (χ1v) is 7.44. The zero-order chi connectivity index (χ0) is 12.3. The summed E-state index contributed by atoms with van der Waals surface area (Å²) in [5.41, 5.74) is 6.87. The SMILES string of the molecule is CC(C)N1CCc2nc(CCCCN)sc2C1.